The smallest absolute Gasteiger partial charge is 0.201 e. The molecule has 0 spiro atoms. The molecule has 0 unspecified atom stereocenters. The Hall–Kier alpha value is -4.32. The van der Waals surface area contributed by atoms with Crippen LogP contribution in [0.1, 0.15) is 33.3 Å². The third kappa shape index (κ3) is 2.78. The van der Waals surface area contributed by atoms with Gasteiger partial charge in [0, 0.05) is 32.9 Å². The first-order chi connectivity index (χ1) is 17.1. The largest absolute Gasteiger partial charge is 0.506 e. The molecule has 6 heteroatoms. The molecule has 4 aromatic rings. The van der Waals surface area contributed by atoms with Gasteiger partial charge in [-0.15, -0.1) is 0 Å². The lowest BCUT2D eigenvalue weighted by molar-refractivity contribution is -0.109. The monoisotopic (exact) mass is 474 g/mol. The Morgan fingerprint density at radius 2 is 1.42 bits per heavy atom. The number of aliphatic hydroxyl groups is 1. The molecule has 0 saturated heterocycles. The summed E-state index contributed by atoms with van der Waals surface area (Å²) in [5.74, 6) is -0.149. The molecular formula is C30H26N4O2. The summed E-state index contributed by atoms with van der Waals surface area (Å²) in [6, 6.07) is 20.0. The minimum Gasteiger partial charge on any atom is -0.506 e. The van der Waals surface area contributed by atoms with Gasteiger partial charge >= 0.3 is 0 Å². The molecular weight excluding hydrogens is 448 g/mol. The Kier molecular flexibility index (Phi) is 3.89. The fourth-order valence-electron chi connectivity index (χ4n) is 5.82. The third-order valence-corrected chi connectivity index (χ3v) is 7.25. The van der Waals surface area contributed by atoms with Gasteiger partial charge < -0.3 is 21.1 Å². The second kappa shape index (κ2) is 6.66. The lowest BCUT2D eigenvalue weighted by atomic mass is 9.80. The number of aliphatic hydroxyl groups excluding tert-OH is 1. The molecule has 36 heavy (non-hydrogen) atoms. The van der Waals surface area contributed by atoms with Gasteiger partial charge in [-0.1, -0.05) is 48.5 Å². The number of Topliss-reactive ketones (excluding diaryl/α,β-unsaturated/α-hetero) is 1. The van der Waals surface area contributed by atoms with Crippen molar-refractivity contribution in [3.8, 4) is 0 Å². The molecule has 0 radical (unpaired) electrons. The zero-order chi connectivity index (χ0) is 25.0. The van der Waals surface area contributed by atoms with E-state index in [9.17, 15) is 9.90 Å². The first kappa shape index (κ1) is 21.0. The molecule has 178 valence electrons. The number of hydrogen-bond acceptors (Lipinski definition) is 6. The van der Waals surface area contributed by atoms with E-state index in [1.165, 1.54) is 0 Å². The number of ketones is 1. The quantitative estimate of drug-likeness (QED) is 0.310. The second-order valence-corrected chi connectivity index (χ2v) is 10.9. The highest BCUT2D eigenvalue weighted by Crippen LogP contribution is 2.46. The van der Waals surface area contributed by atoms with E-state index in [0.29, 0.717) is 21.9 Å². The number of nitrogens with one attached hydrogen (secondary N) is 3. The summed E-state index contributed by atoms with van der Waals surface area (Å²) in [5, 5.41) is 27.4. The van der Waals surface area contributed by atoms with Crippen LogP contribution in [0.4, 0.5) is 17.1 Å². The Morgan fingerprint density at radius 3 is 2.14 bits per heavy atom. The molecule has 3 aliphatic rings. The topological polar surface area (TPSA) is 85.8 Å². The zero-order valence-corrected chi connectivity index (χ0v) is 20.6. The van der Waals surface area contributed by atoms with Crippen LogP contribution in [0.2, 0.25) is 0 Å². The number of anilines is 3. The first-order valence-electron chi connectivity index (χ1n) is 12.2. The summed E-state index contributed by atoms with van der Waals surface area (Å²) in [5.41, 5.74) is 3.28. The zero-order valence-electron chi connectivity index (χ0n) is 20.6. The van der Waals surface area contributed by atoms with Crippen molar-refractivity contribution in [3.63, 3.8) is 0 Å². The van der Waals surface area contributed by atoms with Gasteiger partial charge in [-0.2, -0.15) is 0 Å². The van der Waals surface area contributed by atoms with Crippen molar-refractivity contribution in [1.82, 2.24) is 0 Å². The van der Waals surface area contributed by atoms with Crippen LogP contribution in [0.15, 0.2) is 71.4 Å². The normalized spacial score (nSPS) is 20.3. The Bertz CT molecular complexity index is 1850. The van der Waals surface area contributed by atoms with Gasteiger partial charge in [0.1, 0.15) is 17.1 Å². The minimum atomic E-state index is -0.533. The van der Waals surface area contributed by atoms with E-state index in [4.69, 9.17) is 4.99 Å². The fourth-order valence-corrected chi connectivity index (χ4v) is 5.82. The van der Waals surface area contributed by atoms with Gasteiger partial charge in [0.05, 0.1) is 22.2 Å². The molecule has 4 N–H and O–H groups in total. The predicted molar refractivity (Wildman–Crippen MR) is 146 cm³/mol. The maximum Gasteiger partial charge on any atom is 0.201 e. The van der Waals surface area contributed by atoms with Gasteiger partial charge in [-0.25, -0.2) is 0 Å². The number of allylic oxidation sites excluding steroid dienone is 2. The summed E-state index contributed by atoms with van der Waals surface area (Å²) in [7, 11) is 0. The molecule has 7 rings (SSSR count). The predicted octanol–water partition coefficient (Wildman–Crippen LogP) is 5.05. The Labute approximate surface area is 208 Å². The van der Waals surface area contributed by atoms with Crippen LogP contribution in [-0.2, 0) is 4.79 Å². The number of hydrogen-bond donors (Lipinski definition) is 4. The molecule has 0 atom stereocenters. The highest BCUT2D eigenvalue weighted by atomic mass is 16.3. The highest BCUT2D eigenvalue weighted by Gasteiger charge is 2.39. The lowest BCUT2D eigenvalue weighted by Crippen LogP contribution is -2.43. The molecule has 0 aromatic heterocycles. The third-order valence-electron chi connectivity index (χ3n) is 7.25. The van der Waals surface area contributed by atoms with Crippen LogP contribution in [-0.4, -0.2) is 22.2 Å². The SMILES string of the molecule is CC1(C)N=c2/c(=C3/C(=O)C(c4ccc5cccc6c5c4NC(C)(C)N6)=C3O)ccc3cccc(c23)N1. The summed E-state index contributed by atoms with van der Waals surface area (Å²) < 4.78 is 0. The number of nitrogens with zero attached hydrogens (tertiary/aromatic N) is 1. The first-order valence-corrected chi connectivity index (χ1v) is 12.2. The number of benzene rings is 4. The van der Waals surface area contributed by atoms with Gasteiger partial charge in [-0.05, 0) is 50.6 Å². The van der Waals surface area contributed by atoms with E-state index in [2.05, 4.69) is 35.9 Å². The number of rotatable bonds is 1. The van der Waals surface area contributed by atoms with E-state index in [1.54, 1.807) is 0 Å². The maximum atomic E-state index is 13.8. The highest BCUT2D eigenvalue weighted by molar-refractivity contribution is 6.52. The number of carbonyl (C=O) groups is 1. The van der Waals surface area contributed by atoms with E-state index >= 15 is 0 Å². The molecule has 2 heterocycles. The molecule has 0 saturated carbocycles. The van der Waals surface area contributed by atoms with Crippen LogP contribution in [0, 0.1) is 0 Å². The summed E-state index contributed by atoms with van der Waals surface area (Å²) >= 11 is 0. The average molecular weight is 475 g/mol. The molecule has 0 fully saturated rings. The number of carbonyl (C=O) groups excluding carboxylic acids is 1. The fraction of sp³-hybridized carbons (Fsp3) is 0.200. The second-order valence-electron chi connectivity index (χ2n) is 10.9. The van der Waals surface area contributed by atoms with Crippen molar-refractivity contribution in [2.45, 2.75) is 39.0 Å². The van der Waals surface area contributed by atoms with Crippen LogP contribution in [0.3, 0.4) is 0 Å². The van der Waals surface area contributed by atoms with Crippen LogP contribution < -0.4 is 26.5 Å². The summed E-state index contributed by atoms with van der Waals surface area (Å²) in [6.45, 7) is 8.10. The van der Waals surface area contributed by atoms with Crippen molar-refractivity contribution in [3.05, 3.63) is 82.6 Å². The Balaban J connectivity index is 1.52. The molecule has 0 bridgehead atoms. The van der Waals surface area contributed by atoms with Crippen molar-refractivity contribution in [2.24, 2.45) is 4.99 Å². The van der Waals surface area contributed by atoms with Crippen LogP contribution in [0.25, 0.3) is 32.7 Å². The minimum absolute atomic E-state index is 0.0193. The van der Waals surface area contributed by atoms with E-state index in [-0.39, 0.29) is 11.5 Å². The van der Waals surface area contributed by atoms with Crippen molar-refractivity contribution < 1.29 is 9.90 Å². The van der Waals surface area contributed by atoms with Crippen LogP contribution >= 0.6 is 0 Å². The van der Waals surface area contributed by atoms with Gasteiger partial charge in [0.15, 0.2) is 0 Å². The average Bonchev–Trinajstić information content (AvgIpc) is 2.81. The lowest BCUT2D eigenvalue weighted by Gasteiger charge is -2.37. The van der Waals surface area contributed by atoms with E-state index < -0.39 is 11.3 Å². The molecule has 0 amide bonds. The standard InChI is InChI=1S/C30H26N4O2/c1-29(2)31-19-9-5-7-15-11-13-17(25(33-29)21(15)19)23-27(35)24(28(23)36)18-14-12-16-8-6-10-20-22(16)26(18)34-30(3,4)32-20/h5-14,31-33,35H,1-4H3/b24-18+. The van der Waals surface area contributed by atoms with Crippen LogP contribution in [0.5, 0.6) is 0 Å². The Morgan fingerprint density at radius 1 is 0.750 bits per heavy atom. The maximum absolute atomic E-state index is 13.8. The molecule has 1 aliphatic carbocycles. The van der Waals surface area contributed by atoms with E-state index in [0.717, 1.165) is 44.0 Å². The van der Waals surface area contributed by atoms with Crippen molar-refractivity contribution in [1.29, 1.82) is 0 Å². The van der Waals surface area contributed by atoms with Crippen molar-refractivity contribution >= 4 is 55.5 Å². The van der Waals surface area contributed by atoms with Gasteiger partial charge in [-0.3, -0.25) is 9.79 Å². The van der Waals surface area contributed by atoms with Gasteiger partial charge in [0.25, 0.3) is 0 Å². The summed E-state index contributed by atoms with van der Waals surface area (Å²) in [4.78, 5) is 18.7. The summed E-state index contributed by atoms with van der Waals surface area (Å²) in [6.07, 6.45) is 0. The molecule has 2 aliphatic heterocycles. The molecule has 4 aromatic carbocycles. The van der Waals surface area contributed by atoms with Crippen molar-refractivity contribution in [2.75, 3.05) is 16.0 Å². The van der Waals surface area contributed by atoms with E-state index in [1.807, 2.05) is 68.4 Å². The molecule has 6 nitrogen and oxygen atoms in total. The van der Waals surface area contributed by atoms with Gasteiger partial charge in [0.2, 0.25) is 5.78 Å².